The number of aromatic nitrogens is 5. The molecule has 0 radical (unpaired) electrons. The largest absolute Gasteiger partial charge is 0.356 e. The van der Waals surface area contributed by atoms with Crippen LogP contribution in [0.3, 0.4) is 0 Å². The molecule has 0 saturated heterocycles. The van der Waals surface area contributed by atoms with Gasteiger partial charge in [-0.05, 0) is 6.92 Å². The number of anilines is 1. The first-order chi connectivity index (χ1) is 6.31. The van der Waals surface area contributed by atoms with Crippen molar-refractivity contribution >= 4 is 17.1 Å². The van der Waals surface area contributed by atoms with Gasteiger partial charge in [0.15, 0.2) is 5.52 Å². The molecule has 0 saturated carbocycles. The number of aromatic amines is 2. The van der Waals surface area contributed by atoms with Gasteiger partial charge in [-0.15, -0.1) is 10.2 Å². The molecule has 0 bridgehead atoms. The number of H-pyrrole nitrogens is 2. The van der Waals surface area contributed by atoms with Gasteiger partial charge in [0.1, 0.15) is 0 Å². The summed E-state index contributed by atoms with van der Waals surface area (Å²) in [4.78, 5) is 17.8. The number of nitrogens with one attached hydrogen (secondary N) is 3. The first-order valence-electron chi connectivity index (χ1n) is 3.86. The van der Waals surface area contributed by atoms with E-state index >= 15 is 0 Å². The van der Waals surface area contributed by atoms with E-state index in [2.05, 4.69) is 30.7 Å². The van der Waals surface area contributed by atoms with Gasteiger partial charge >= 0.3 is 0 Å². The molecule has 0 aliphatic heterocycles. The number of rotatable bonds is 2. The van der Waals surface area contributed by atoms with Crippen LogP contribution < -0.4 is 10.9 Å². The SMILES string of the molecule is CCNc1nc2n[nH]nc2c(=O)[nH]1. The second-order valence-electron chi connectivity index (χ2n) is 2.44. The Morgan fingerprint density at radius 1 is 1.46 bits per heavy atom. The predicted octanol–water partition coefficient (Wildman–Crippen LogP) is -0.527. The minimum atomic E-state index is -0.297. The Balaban J connectivity index is 2.63. The van der Waals surface area contributed by atoms with E-state index < -0.39 is 0 Å². The maximum Gasteiger partial charge on any atom is 0.282 e. The van der Waals surface area contributed by atoms with Crippen LogP contribution in [0.5, 0.6) is 0 Å². The van der Waals surface area contributed by atoms with Crippen molar-refractivity contribution in [3.63, 3.8) is 0 Å². The van der Waals surface area contributed by atoms with Crippen molar-refractivity contribution in [1.82, 2.24) is 25.4 Å². The van der Waals surface area contributed by atoms with Gasteiger partial charge in [-0.2, -0.15) is 10.2 Å². The molecular weight excluding hydrogens is 172 g/mol. The normalized spacial score (nSPS) is 10.5. The zero-order chi connectivity index (χ0) is 9.26. The summed E-state index contributed by atoms with van der Waals surface area (Å²) in [6, 6.07) is 0. The summed E-state index contributed by atoms with van der Waals surface area (Å²) in [7, 11) is 0. The van der Waals surface area contributed by atoms with Crippen LogP contribution in [0.4, 0.5) is 5.95 Å². The average Bonchev–Trinajstić information content (AvgIpc) is 2.53. The van der Waals surface area contributed by atoms with E-state index in [0.717, 1.165) is 0 Å². The Morgan fingerprint density at radius 3 is 3.08 bits per heavy atom. The van der Waals surface area contributed by atoms with Crippen molar-refractivity contribution in [2.24, 2.45) is 0 Å². The summed E-state index contributed by atoms with van der Waals surface area (Å²) in [6.45, 7) is 2.60. The second kappa shape index (κ2) is 2.85. The molecule has 0 unspecified atom stereocenters. The van der Waals surface area contributed by atoms with E-state index in [-0.39, 0.29) is 11.1 Å². The molecule has 0 aliphatic rings. The molecule has 2 aromatic rings. The molecule has 0 aromatic carbocycles. The van der Waals surface area contributed by atoms with E-state index in [1.807, 2.05) is 6.92 Å². The van der Waals surface area contributed by atoms with Crippen LogP contribution in [-0.4, -0.2) is 31.9 Å². The van der Waals surface area contributed by atoms with Crippen molar-refractivity contribution in [3.8, 4) is 0 Å². The maximum absolute atomic E-state index is 11.3. The molecule has 7 nitrogen and oxygen atoms in total. The lowest BCUT2D eigenvalue weighted by Crippen LogP contribution is -2.12. The standard InChI is InChI=1S/C6H8N6O/c1-2-7-6-8-4-3(5(13)9-6)10-12-11-4/h2H2,1H3,(H3,7,8,9,10,11,12,13). The van der Waals surface area contributed by atoms with Crippen molar-refractivity contribution in [3.05, 3.63) is 10.4 Å². The summed E-state index contributed by atoms with van der Waals surface area (Å²) < 4.78 is 0. The summed E-state index contributed by atoms with van der Waals surface area (Å²) >= 11 is 0. The van der Waals surface area contributed by atoms with Crippen LogP contribution in [0.2, 0.25) is 0 Å². The minimum absolute atomic E-state index is 0.224. The molecule has 2 rings (SSSR count). The molecule has 2 heterocycles. The number of fused-ring (bicyclic) bond motifs is 1. The molecule has 13 heavy (non-hydrogen) atoms. The van der Waals surface area contributed by atoms with E-state index in [0.29, 0.717) is 18.1 Å². The number of hydrogen-bond donors (Lipinski definition) is 3. The first kappa shape index (κ1) is 7.71. The monoisotopic (exact) mass is 180 g/mol. The van der Waals surface area contributed by atoms with Gasteiger partial charge in [0.2, 0.25) is 11.6 Å². The van der Waals surface area contributed by atoms with Crippen molar-refractivity contribution in [2.75, 3.05) is 11.9 Å². The van der Waals surface area contributed by atoms with Crippen LogP contribution in [-0.2, 0) is 0 Å². The quantitative estimate of drug-likeness (QED) is 0.577. The molecule has 0 atom stereocenters. The predicted molar refractivity (Wildman–Crippen MR) is 46.5 cm³/mol. The first-order valence-corrected chi connectivity index (χ1v) is 3.86. The lowest BCUT2D eigenvalue weighted by molar-refractivity contribution is 0.954. The molecule has 0 fully saturated rings. The Hall–Kier alpha value is -1.92. The van der Waals surface area contributed by atoms with Crippen LogP contribution in [0.15, 0.2) is 4.79 Å². The van der Waals surface area contributed by atoms with Crippen LogP contribution in [0.1, 0.15) is 6.92 Å². The highest BCUT2D eigenvalue weighted by Crippen LogP contribution is 2.00. The fraction of sp³-hybridized carbons (Fsp3) is 0.333. The third kappa shape index (κ3) is 1.24. The van der Waals surface area contributed by atoms with Gasteiger partial charge < -0.3 is 5.32 Å². The maximum atomic E-state index is 11.3. The Morgan fingerprint density at radius 2 is 2.31 bits per heavy atom. The molecular formula is C6H8N6O. The van der Waals surface area contributed by atoms with Gasteiger partial charge in [0.05, 0.1) is 0 Å². The molecule has 7 heteroatoms. The van der Waals surface area contributed by atoms with Gasteiger partial charge in [0.25, 0.3) is 5.56 Å². The lowest BCUT2D eigenvalue weighted by Gasteiger charge is -1.98. The zero-order valence-electron chi connectivity index (χ0n) is 6.96. The van der Waals surface area contributed by atoms with Gasteiger partial charge in [0, 0.05) is 6.54 Å². The molecule has 0 spiro atoms. The summed E-state index contributed by atoms with van der Waals surface area (Å²) in [6.07, 6.45) is 0. The van der Waals surface area contributed by atoms with E-state index in [9.17, 15) is 4.79 Å². The molecule has 0 amide bonds. The van der Waals surface area contributed by atoms with E-state index in [4.69, 9.17) is 0 Å². The Kier molecular flexibility index (Phi) is 1.69. The number of hydrogen-bond acceptors (Lipinski definition) is 5. The topological polar surface area (TPSA) is 99.3 Å². The second-order valence-corrected chi connectivity index (χ2v) is 2.44. The van der Waals surface area contributed by atoms with Crippen molar-refractivity contribution < 1.29 is 0 Å². The summed E-state index contributed by atoms with van der Waals surface area (Å²) in [5, 5.41) is 12.6. The van der Waals surface area contributed by atoms with Gasteiger partial charge in [-0.25, -0.2) is 0 Å². The fourth-order valence-corrected chi connectivity index (χ4v) is 1.01. The van der Waals surface area contributed by atoms with Gasteiger partial charge in [-0.1, -0.05) is 0 Å². The molecule has 68 valence electrons. The summed E-state index contributed by atoms with van der Waals surface area (Å²) in [5.41, 5.74) is 0.246. The summed E-state index contributed by atoms with van der Waals surface area (Å²) in [5.74, 6) is 0.411. The average molecular weight is 180 g/mol. The highest BCUT2D eigenvalue weighted by molar-refractivity contribution is 5.68. The van der Waals surface area contributed by atoms with E-state index in [1.54, 1.807) is 0 Å². The van der Waals surface area contributed by atoms with Crippen LogP contribution in [0, 0.1) is 0 Å². The Labute approximate surface area is 72.6 Å². The highest BCUT2D eigenvalue weighted by atomic mass is 16.1. The van der Waals surface area contributed by atoms with E-state index in [1.165, 1.54) is 0 Å². The lowest BCUT2D eigenvalue weighted by atomic mass is 10.5. The number of nitrogens with zero attached hydrogens (tertiary/aromatic N) is 3. The minimum Gasteiger partial charge on any atom is -0.356 e. The smallest absolute Gasteiger partial charge is 0.282 e. The van der Waals surface area contributed by atoms with Crippen molar-refractivity contribution in [1.29, 1.82) is 0 Å². The molecule has 2 aromatic heterocycles. The fourth-order valence-electron chi connectivity index (χ4n) is 1.01. The van der Waals surface area contributed by atoms with Gasteiger partial charge in [-0.3, -0.25) is 9.78 Å². The third-order valence-corrected chi connectivity index (χ3v) is 1.54. The van der Waals surface area contributed by atoms with Crippen LogP contribution in [0.25, 0.3) is 11.2 Å². The zero-order valence-corrected chi connectivity index (χ0v) is 6.96. The van der Waals surface area contributed by atoms with Crippen LogP contribution >= 0.6 is 0 Å². The highest BCUT2D eigenvalue weighted by Gasteiger charge is 2.05. The Bertz CT molecular complexity index is 471. The molecule has 3 N–H and O–H groups in total. The third-order valence-electron chi connectivity index (χ3n) is 1.54. The molecule has 0 aliphatic carbocycles. The van der Waals surface area contributed by atoms with Crippen molar-refractivity contribution in [2.45, 2.75) is 6.92 Å².